The van der Waals surface area contributed by atoms with E-state index in [1.54, 1.807) is 6.20 Å². The summed E-state index contributed by atoms with van der Waals surface area (Å²) in [4.78, 5) is 14.3. The summed E-state index contributed by atoms with van der Waals surface area (Å²) in [6.07, 6.45) is 3.47. The minimum Gasteiger partial charge on any atom is -0.493 e. The Morgan fingerprint density at radius 3 is 1.71 bits per heavy atom. The molecular weight excluding hydrogens is 637 g/mol. The van der Waals surface area contributed by atoms with Crippen LogP contribution in [0.15, 0.2) is 188 Å². The van der Waals surface area contributed by atoms with Crippen LogP contribution in [-0.2, 0) is 0 Å². The first-order valence-corrected chi connectivity index (χ1v) is 17.2. The average Bonchev–Trinajstić information content (AvgIpc) is 3.62. The van der Waals surface area contributed by atoms with Crippen molar-refractivity contribution in [2.75, 3.05) is 0 Å². The van der Waals surface area contributed by atoms with Gasteiger partial charge in [0.05, 0.1) is 22.3 Å². The monoisotopic (exact) mass is 668 g/mol. The number of para-hydroxylation sites is 2. The van der Waals surface area contributed by atoms with E-state index in [-0.39, 0.29) is 5.88 Å². The second-order valence-corrected chi connectivity index (χ2v) is 12.7. The molecule has 3 heterocycles. The van der Waals surface area contributed by atoms with Crippen molar-refractivity contribution in [2.45, 2.75) is 0 Å². The molecule has 52 heavy (non-hydrogen) atoms. The third-order valence-electron chi connectivity index (χ3n) is 9.46. The Morgan fingerprint density at radius 2 is 1.00 bits per heavy atom. The van der Waals surface area contributed by atoms with Gasteiger partial charge in [-0.3, -0.25) is 9.55 Å². The van der Waals surface area contributed by atoms with Crippen LogP contribution in [0.4, 0.5) is 0 Å². The predicted octanol–water partition coefficient (Wildman–Crippen LogP) is 11.5. The fraction of sp³-hybridized carbons (Fsp3) is 0. The Hall–Kier alpha value is -7.11. The van der Waals surface area contributed by atoms with Crippen molar-refractivity contribution in [1.29, 1.82) is 0 Å². The Morgan fingerprint density at radius 1 is 0.404 bits per heavy atom. The van der Waals surface area contributed by atoms with Gasteiger partial charge in [0, 0.05) is 29.2 Å². The highest BCUT2D eigenvalue weighted by molar-refractivity contribution is 5.97. The lowest BCUT2D eigenvalue weighted by Gasteiger charge is -2.13. The van der Waals surface area contributed by atoms with Crippen LogP contribution in [0, 0.1) is 0 Å². The number of imidazole rings is 1. The topological polar surface area (TPSA) is 63.8 Å². The van der Waals surface area contributed by atoms with Crippen LogP contribution >= 0.6 is 0 Å². The van der Waals surface area contributed by atoms with Gasteiger partial charge in [-0.15, -0.1) is 0 Å². The largest absolute Gasteiger partial charge is 0.493 e. The van der Waals surface area contributed by atoms with Crippen molar-refractivity contribution >= 4 is 11.0 Å². The van der Waals surface area contributed by atoms with Crippen molar-refractivity contribution < 1.29 is 5.11 Å². The van der Waals surface area contributed by atoms with Gasteiger partial charge in [-0.1, -0.05) is 115 Å². The van der Waals surface area contributed by atoms with Gasteiger partial charge in [-0.25, -0.2) is 9.97 Å². The summed E-state index contributed by atoms with van der Waals surface area (Å²) in [7, 11) is 0. The minimum atomic E-state index is -0.0643. The van der Waals surface area contributed by atoms with Crippen LogP contribution < -0.4 is 0 Å². The zero-order chi connectivity index (χ0) is 34.9. The van der Waals surface area contributed by atoms with Crippen LogP contribution in [0.2, 0.25) is 0 Å². The summed E-state index contributed by atoms with van der Waals surface area (Å²) < 4.78 is 2.09. The lowest BCUT2D eigenvalue weighted by molar-refractivity contribution is 0.455. The number of fused-ring (bicyclic) bond motifs is 1. The summed E-state index contributed by atoms with van der Waals surface area (Å²) in [5, 5.41) is 10.9. The smallest absolute Gasteiger partial charge is 0.222 e. The molecule has 0 aliphatic heterocycles. The summed E-state index contributed by atoms with van der Waals surface area (Å²) in [6, 6.07) is 60.5. The number of hydrogen-bond donors (Lipinski definition) is 1. The molecule has 0 atom stereocenters. The molecule has 246 valence electrons. The molecule has 9 rings (SSSR count). The maximum absolute atomic E-state index is 10.9. The first kappa shape index (κ1) is 30.9. The Labute approximate surface area is 301 Å². The first-order valence-electron chi connectivity index (χ1n) is 17.2. The number of rotatable bonds is 7. The van der Waals surface area contributed by atoms with Crippen molar-refractivity contribution in [3.8, 4) is 78.7 Å². The summed E-state index contributed by atoms with van der Waals surface area (Å²) >= 11 is 0. The molecule has 0 amide bonds. The average molecular weight is 669 g/mol. The maximum Gasteiger partial charge on any atom is 0.222 e. The van der Waals surface area contributed by atoms with Gasteiger partial charge >= 0.3 is 0 Å². The molecule has 5 heteroatoms. The normalized spacial score (nSPS) is 11.2. The zero-order valence-corrected chi connectivity index (χ0v) is 28.1. The van der Waals surface area contributed by atoms with E-state index in [0.29, 0.717) is 11.4 Å². The third-order valence-corrected chi connectivity index (χ3v) is 9.46. The third kappa shape index (κ3) is 5.80. The van der Waals surface area contributed by atoms with Crippen LogP contribution in [-0.4, -0.2) is 24.6 Å². The Balaban J connectivity index is 1.21. The molecule has 1 N–H and O–H groups in total. The highest BCUT2D eigenvalue weighted by atomic mass is 16.3. The molecule has 0 spiro atoms. The van der Waals surface area contributed by atoms with E-state index in [2.05, 4.69) is 131 Å². The van der Waals surface area contributed by atoms with Gasteiger partial charge < -0.3 is 5.11 Å². The molecule has 0 radical (unpaired) electrons. The van der Waals surface area contributed by atoms with E-state index in [1.807, 2.05) is 60.8 Å². The van der Waals surface area contributed by atoms with E-state index < -0.39 is 0 Å². The van der Waals surface area contributed by atoms with E-state index in [1.165, 1.54) is 11.1 Å². The molecule has 5 nitrogen and oxygen atoms in total. The highest BCUT2D eigenvalue weighted by Crippen LogP contribution is 2.39. The fourth-order valence-corrected chi connectivity index (χ4v) is 6.90. The van der Waals surface area contributed by atoms with Gasteiger partial charge in [0.15, 0.2) is 5.82 Å². The van der Waals surface area contributed by atoms with Gasteiger partial charge in [-0.05, 0) is 99.6 Å². The maximum atomic E-state index is 10.9. The van der Waals surface area contributed by atoms with Gasteiger partial charge in [0.1, 0.15) is 0 Å². The van der Waals surface area contributed by atoms with Crippen LogP contribution in [0.3, 0.4) is 0 Å². The van der Waals surface area contributed by atoms with E-state index in [9.17, 15) is 5.11 Å². The van der Waals surface area contributed by atoms with Crippen molar-refractivity contribution in [3.05, 3.63) is 188 Å². The van der Waals surface area contributed by atoms with E-state index in [4.69, 9.17) is 9.97 Å². The lowest BCUT2D eigenvalue weighted by Crippen LogP contribution is -1.97. The van der Waals surface area contributed by atoms with Gasteiger partial charge in [0.25, 0.3) is 0 Å². The number of aromatic hydroxyl groups is 1. The van der Waals surface area contributed by atoms with Crippen molar-refractivity contribution in [1.82, 2.24) is 19.5 Å². The quantitative estimate of drug-likeness (QED) is 0.184. The van der Waals surface area contributed by atoms with Crippen molar-refractivity contribution in [3.63, 3.8) is 0 Å². The van der Waals surface area contributed by atoms with E-state index >= 15 is 0 Å². The molecule has 0 saturated carbocycles. The Kier molecular flexibility index (Phi) is 7.91. The zero-order valence-electron chi connectivity index (χ0n) is 28.1. The van der Waals surface area contributed by atoms with Gasteiger partial charge in [-0.2, -0.15) is 0 Å². The number of benzene rings is 6. The molecule has 0 aliphatic carbocycles. The molecular formula is C47H32N4O. The first-order chi connectivity index (χ1) is 25.7. The second-order valence-electron chi connectivity index (χ2n) is 12.7. The summed E-state index contributed by atoms with van der Waals surface area (Å²) in [6.45, 7) is 0. The number of nitrogens with zero attached hydrogens (tertiary/aromatic N) is 4. The SMILES string of the molecule is Oc1ncccc1-c1nc2c(-c3cc(-c4ccccc4)cc(-c4cc(-c5ccc(-c6ccccc6)cc5)ccn4)c3)cccc2n1-c1ccccc1. The van der Waals surface area contributed by atoms with E-state index in [0.717, 1.165) is 61.4 Å². The number of aromatic nitrogens is 4. The molecule has 9 aromatic rings. The highest BCUT2D eigenvalue weighted by Gasteiger charge is 2.20. The molecule has 0 fully saturated rings. The number of hydrogen-bond acceptors (Lipinski definition) is 4. The number of pyridine rings is 2. The molecule has 6 aromatic carbocycles. The summed E-state index contributed by atoms with van der Waals surface area (Å²) in [5.74, 6) is 0.553. The molecule has 0 bridgehead atoms. The van der Waals surface area contributed by atoms with Crippen molar-refractivity contribution in [2.24, 2.45) is 0 Å². The standard InChI is InChI=1S/C47H32N4O/c52-47-42(19-11-26-49-47)46-50-45-41(18-10-20-44(45)51(46)40-16-8-3-9-17-40)38-28-37(33-14-6-2-7-15-33)29-39(30-38)43-31-36(25-27-48-43)35-23-21-34(22-24-35)32-12-4-1-5-13-32/h1-31H,(H,49,52). The fourth-order valence-electron chi connectivity index (χ4n) is 6.90. The Bertz CT molecular complexity index is 2670. The lowest BCUT2D eigenvalue weighted by atomic mass is 9.93. The molecule has 3 aromatic heterocycles. The predicted molar refractivity (Wildman–Crippen MR) is 211 cm³/mol. The molecule has 0 saturated heterocycles. The molecule has 0 unspecified atom stereocenters. The minimum absolute atomic E-state index is 0.0643. The van der Waals surface area contributed by atoms with Crippen LogP contribution in [0.1, 0.15) is 0 Å². The van der Waals surface area contributed by atoms with Crippen LogP contribution in [0.25, 0.3) is 83.9 Å². The second kappa shape index (κ2) is 13.3. The molecule has 0 aliphatic rings. The summed E-state index contributed by atoms with van der Waals surface area (Å²) in [5.41, 5.74) is 13.9. The van der Waals surface area contributed by atoms with Gasteiger partial charge in [0.2, 0.25) is 5.88 Å². The van der Waals surface area contributed by atoms with Crippen LogP contribution in [0.5, 0.6) is 5.88 Å².